The number of rotatable bonds is 14. The van der Waals surface area contributed by atoms with Crippen LogP contribution in [0, 0.1) is 0 Å². The molecular formula is C34H43N5O5. The zero-order valence-corrected chi connectivity index (χ0v) is 26.8. The SMILES string of the molecule is COCCOc1cc2nccc(Oc3ccc(CC(=O)Cc4cc(C(C)(C)C)nn4CCN(C)C)cc3)c2cc1NC(C)=O. The third kappa shape index (κ3) is 8.87. The van der Waals surface area contributed by atoms with E-state index in [2.05, 4.69) is 42.0 Å². The fourth-order valence-corrected chi connectivity index (χ4v) is 4.63. The summed E-state index contributed by atoms with van der Waals surface area (Å²) < 4.78 is 19.1. The molecule has 10 nitrogen and oxygen atoms in total. The maximum Gasteiger partial charge on any atom is 0.221 e. The molecule has 2 aromatic carbocycles. The number of likely N-dealkylation sites (N-methyl/N-ethyl adjacent to an activating group) is 1. The number of hydrogen-bond acceptors (Lipinski definition) is 8. The molecule has 0 aliphatic rings. The van der Waals surface area contributed by atoms with Gasteiger partial charge in [-0.05, 0) is 50.0 Å². The van der Waals surface area contributed by atoms with Crippen LogP contribution in [0.1, 0.15) is 44.6 Å². The number of carbonyl (C=O) groups excluding carboxylic acids is 2. The van der Waals surface area contributed by atoms with Gasteiger partial charge in [0.05, 0.1) is 30.0 Å². The van der Waals surface area contributed by atoms with Crippen LogP contribution in [-0.4, -0.2) is 72.3 Å². The van der Waals surface area contributed by atoms with Crippen LogP contribution in [-0.2, 0) is 39.1 Å². The summed E-state index contributed by atoms with van der Waals surface area (Å²) >= 11 is 0. The second kappa shape index (κ2) is 14.5. The lowest BCUT2D eigenvalue weighted by molar-refractivity contribution is -0.118. The Balaban J connectivity index is 1.47. The van der Waals surface area contributed by atoms with Crippen molar-refractivity contribution in [1.82, 2.24) is 19.7 Å². The monoisotopic (exact) mass is 601 g/mol. The van der Waals surface area contributed by atoms with E-state index in [0.29, 0.717) is 54.5 Å². The number of ketones is 1. The summed E-state index contributed by atoms with van der Waals surface area (Å²) in [5.74, 6) is 1.60. The molecule has 2 aromatic heterocycles. The van der Waals surface area contributed by atoms with Crippen molar-refractivity contribution < 1.29 is 23.8 Å². The largest absolute Gasteiger partial charge is 0.489 e. The summed E-state index contributed by atoms with van der Waals surface area (Å²) in [7, 11) is 5.66. The molecule has 4 aromatic rings. The number of pyridine rings is 1. The number of methoxy groups -OCH3 is 1. The van der Waals surface area contributed by atoms with E-state index in [-0.39, 0.29) is 17.1 Å². The summed E-state index contributed by atoms with van der Waals surface area (Å²) in [6.45, 7) is 10.2. The van der Waals surface area contributed by atoms with E-state index in [1.807, 2.05) is 43.0 Å². The number of nitrogens with one attached hydrogen (secondary N) is 1. The summed E-state index contributed by atoms with van der Waals surface area (Å²) in [6.07, 6.45) is 2.30. The van der Waals surface area contributed by atoms with Crippen molar-refractivity contribution >= 4 is 28.3 Å². The summed E-state index contributed by atoms with van der Waals surface area (Å²) in [6, 6.07) is 14.9. The highest BCUT2D eigenvalue weighted by molar-refractivity contribution is 5.97. The van der Waals surface area contributed by atoms with Gasteiger partial charge in [-0.3, -0.25) is 19.3 Å². The average Bonchev–Trinajstić information content (AvgIpc) is 3.36. The fourth-order valence-electron chi connectivity index (χ4n) is 4.63. The van der Waals surface area contributed by atoms with Gasteiger partial charge in [-0.15, -0.1) is 0 Å². The van der Waals surface area contributed by atoms with Crippen molar-refractivity contribution in [3.8, 4) is 17.2 Å². The molecule has 0 unspecified atom stereocenters. The molecule has 0 bridgehead atoms. The second-order valence-electron chi connectivity index (χ2n) is 12.1. The van der Waals surface area contributed by atoms with Crippen LogP contribution in [0.15, 0.2) is 54.7 Å². The minimum absolute atomic E-state index is 0.0945. The molecule has 0 fully saturated rings. The highest BCUT2D eigenvalue weighted by atomic mass is 16.5. The maximum atomic E-state index is 13.1. The molecule has 44 heavy (non-hydrogen) atoms. The minimum atomic E-state index is -0.218. The average molecular weight is 602 g/mol. The lowest BCUT2D eigenvalue weighted by atomic mass is 9.92. The quantitative estimate of drug-likeness (QED) is 0.191. The molecule has 234 valence electrons. The van der Waals surface area contributed by atoms with E-state index in [9.17, 15) is 9.59 Å². The molecule has 4 rings (SSSR count). The number of amides is 1. The smallest absolute Gasteiger partial charge is 0.221 e. The predicted octanol–water partition coefficient (Wildman–Crippen LogP) is 5.42. The Morgan fingerprint density at radius 1 is 0.977 bits per heavy atom. The van der Waals surface area contributed by atoms with Crippen molar-refractivity contribution in [3.63, 3.8) is 0 Å². The van der Waals surface area contributed by atoms with E-state index >= 15 is 0 Å². The topological polar surface area (TPSA) is 108 Å². The summed E-state index contributed by atoms with van der Waals surface area (Å²) in [4.78, 5) is 31.6. The van der Waals surface area contributed by atoms with Gasteiger partial charge in [-0.2, -0.15) is 5.10 Å². The Kier molecular flexibility index (Phi) is 10.7. The van der Waals surface area contributed by atoms with Gasteiger partial charge >= 0.3 is 0 Å². The molecule has 1 N–H and O–H groups in total. The lowest BCUT2D eigenvalue weighted by Gasteiger charge is -2.15. The number of Topliss-reactive ketones (excluding diaryl/α,β-unsaturated/α-hetero) is 1. The van der Waals surface area contributed by atoms with Gasteiger partial charge in [0, 0.05) is 62.2 Å². The molecule has 2 heterocycles. The van der Waals surface area contributed by atoms with E-state index in [1.165, 1.54) is 6.92 Å². The molecule has 0 radical (unpaired) electrons. The normalized spacial score (nSPS) is 11.6. The van der Waals surface area contributed by atoms with Gasteiger partial charge in [-0.25, -0.2) is 0 Å². The molecule has 0 spiro atoms. The van der Waals surface area contributed by atoms with Crippen LogP contribution < -0.4 is 14.8 Å². The van der Waals surface area contributed by atoms with Crippen molar-refractivity contribution in [2.24, 2.45) is 0 Å². The van der Waals surface area contributed by atoms with Crippen LogP contribution >= 0.6 is 0 Å². The van der Waals surface area contributed by atoms with Crippen molar-refractivity contribution in [1.29, 1.82) is 0 Å². The zero-order chi connectivity index (χ0) is 31.9. The standard InChI is InChI=1S/C34H43N5O5/c1-23(40)36-30-21-28-29(22-32(30)43-17-16-42-7)35-13-12-31(28)44-27-10-8-24(9-11-27)18-26(41)19-25-20-33(34(2,3)4)37-39(25)15-14-38(5)6/h8-13,20-22H,14-19H2,1-7H3,(H,36,40). The highest BCUT2D eigenvalue weighted by Crippen LogP contribution is 2.36. The molecule has 10 heteroatoms. The Morgan fingerprint density at radius 2 is 1.73 bits per heavy atom. The van der Waals surface area contributed by atoms with Crippen LogP contribution in [0.3, 0.4) is 0 Å². The van der Waals surface area contributed by atoms with Gasteiger partial charge in [0.25, 0.3) is 0 Å². The van der Waals surface area contributed by atoms with Gasteiger partial charge in [-0.1, -0.05) is 32.9 Å². The van der Waals surface area contributed by atoms with Gasteiger partial charge in [0.2, 0.25) is 5.91 Å². The third-order valence-corrected chi connectivity index (χ3v) is 6.98. The highest BCUT2D eigenvalue weighted by Gasteiger charge is 2.21. The van der Waals surface area contributed by atoms with Crippen LogP contribution in [0.2, 0.25) is 0 Å². The summed E-state index contributed by atoms with van der Waals surface area (Å²) in [5, 5.41) is 8.35. The number of nitrogens with zero attached hydrogens (tertiary/aromatic N) is 4. The van der Waals surface area contributed by atoms with Gasteiger partial charge in [0.15, 0.2) is 0 Å². The molecule has 1 amide bonds. The van der Waals surface area contributed by atoms with Crippen LogP contribution in [0.25, 0.3) is 10.9 Å². The number of hydrogen-bond donors (Lipinski definition) is 1. The fraction of sp³-hybridized carbons (Fsp3) is 0.412. The Hall–Kier alpha value is -4.28. The first-order chi connectivity index (χ1) is 20.9. The second-order valence-corrected chi connectivity index (χ2v) is 12.1. The van der Waals surface area contributed by atoms with E-state index in [1.54, 1.807) is 31.5 Å². The Bertz CT molecular complexity index is 1590. The van der Waals surface area contributed by atoms with Crippen molar-refractivity contribution in [2.45, 2.75) is 52.5 Å². The first kappa shape index (κ1) is 32.6. The maximum absolute atomic E-state index is 13.1. The number of fused-ring (bicyclic) bond motifs is 1. The lowest BCUT2D eigenvalue weighted by Crippen LogP contribution is -2.21. The van der Waals surface area contributed by atoms with Crippen molar-refractivity contribution in [2.75, 3.05) is 46.3 Å². The molecular weight excluding hydrogens is 558 g/mol. The number of ether oxygens (including phenoxy) is 3. The minimum Gasteiger partial charge on any atom is -0.489 e. The molecule has 0 saturated carbocycles. The van der Waals surface area contributed by atoms with E-state index in [0.717, 1.165) is 35.4 Å². The number of aromatic nitrogens is 3. The zero-order valence-electron chi connectivity index (χ0n) is 26.8. The van der Waals surface area contributed by atoms with Gasteiger partial charge in [0.1, 0.15) is 29.6 Å². The number of anilines is 1. The van der Waals surface area contributed by atoms with Crippen molar-refractivity contribution in [3.05, 3.63) is 71.7 Å². The summed E-state index contributed by atoms with van der Waals surface area (Å²) in [5.41, 5.74) is 3.92. The Morgan fingerprint density at radius 3 is 2.39 bits per heavy atom. The Labute approximate surface area is 259 Å². The number of benzene rings is 2. The van der Waals surface area contributed by atoms with E-state index in [4.69, 9.17) is 19.3 Å². The first-order valence-electron chi connectivity index (χ1n) is 14.8. The van der Waals surface area contributed by atoms with Crippen LogP contribution in [0.4, 0.5) is 5.69 Å². The number of carbonyl (C=O) groups is 2. The van der Waals surface area contributed by atoms with E-state index < -0.39 is 0 Å². The molecule has 0 atom stereocenters. The first-order valence-corrected chi connectivity index (χ1v) is 14.8. The molecule has 0 aliphatic heterocycles. The molecule has 0 saturated heterocycles. The van der Waals surface area contributed by atoms with Gasteiger partial charge < -0.3 is 24.4 Å². The third-order valence-electron chi connectivity index (χ3n) is 6.98. The molecule has 0 aliphatic carbocycles. The predicted molar refractivity (Wildman–Crippen MR) is 172 cm³/mol. The van der Waals surface area contributed by atoms with Crippen LogP contribution in [0.5, 0.6) is 17.2 Å².